The number of aromatic nitrogens is 6. The largest absolute Gasteiger partial charge is 0.354 e. The van der Waals surface area contributed by atoms with E-state index in [1.54, 1.807) is 19.0 Å². The molecule has 12 heteroatoms. The number of hydrogen-bond donors (Lipinski definition) is 4. The SMILES string of the molecule is CCNc1nc(NCC)nc(NNc2nc(Cl)nc(N(C)C)n2)n1. The Morgan fingerprint density at radius 1 is 0.750 bits per heavy atom. The van der Waals surface area contributed by atoms with Gasteiger partial charge in [0.15, 0.2) is 0 Å². The number of anilines is 5. The fourth-order valence-electron chi connectivity index (χ4n) is 1.61. The highest BCUT2D eigenvalue weighted by Gasteiger charge is 2.09. The summed E-state index contributed by atoms with van der Waals surface area (Å²) in [6.07, 6.45) is 0. The summed E-state index contributed by atoms with van der Waals surface area (Å²) in [5.74, 6) is 1.89. The predicted molar refractivity (Wildman–Crippen MR) is 94.6 cm³/mol. The van der Waals surface area contributed by atoms with E-state index in [1.165, 1.54) is 0 Å². The van der Waals surface area contributed by atoms with Crippen molar-refractivity contribution in [2.45, 2.75) is 13.8 Å². The Kier molecular flexibility index (Phi) is 6.07. The maximum atomic E-state index is 5.89. The molecule has 0 saturated carbocycles. The first kappa shape index (κ1) is 17.7. The lowest BCUT2D eigenvalue weighted by molar-refractivity contribution is 0.950. The van der Waals surface area contributed by atoms with Crippen LogP contribution in [0.2, 0.25) is 5.28 Å². The highest BCUT2D eigenvalue weighted by atomic mass is 35.5. The van der Waals surface area contributed by atoms with Crippen LogP contribution in [0.25, 0.3) is 0 Å². The fourth-order valence-corrected chi connectivity index (χ4v) is 1.77. The molecule has 0 saturated heterocycles. The van der Waals surface area contributed by atoms with E-state index in [0.29, 0.717) is 36.9 Å². The van der Waals surface area contributed by atoms with E-state index in [0.717, 1.165) is 0 Å². The van der Waals surface area contributed by atoms with Gasteiger partial charge in [-0.2, -0.15) is 29.9 Å². The average Bonchev–Trinajstić information content (AvgIpc) is 2.53. The van der Waals surface area contributed by atoms with Crippen LogP contribution < -0.4 is 26.4 Å². The Hall–Kier alpha value is -2.69. The van der Waals surface area contributed by atoms with E-state index in [4.69, 9.17) is 11.6 Å². The Morgan fingerprint density at radius 2 is 1.25 bits per heavy atom. The molecule has 0 unspecified atom stereocenters. The van der Waals surface area contributed by atoms with Gasteiger partial charge in [-0.05, 0) is 25.4 Å². The molecule has 0 amide bonds. The molecule has 0 aromatic carbocycles. The zero-order valence-electron chi connectivity index (χ0n) is 13.9. The summed E-state index contributed by atoms with van der Waals surface area (Å²) in [6, 6.07) is 0. The molecule has 4 N–H and O–H groups in total. The minimum Gasteiger partial charge on any atom is -0.354 e. The summed E-state index contributed by atoms with van der Waals surface area (Å²) < 4.78 is 0. The maximum Gasteiger partial charge on any atom is 0.248 e. The van der Waals surface area contributed by atoms with Gasteiger partial charge in [0.25, 0.3) is 0 Å². The number of nitrogens with zero attached hydrogens (tertiary/aromatic N) is 7. The topological polar surface area (TPSA) is 129 Å². The molecule has 0 bridgehead atoms. The Balaban J connectivity index is 2.16. The summed E-state index contributed by atoms with van der Waals surface area (Å²) in [7, 11) is 3.61. The number of hydrogen-bond acceptors (Lipinski definition) is 11. The van der Waals surface area contributed by atoms with Crippen molar-refractivity contribution >= 4 is 41.3 Å². The van der Waals surface area contributed by atoms with E-state index in [1.807, 2.05) is 13.8 Å². The molecule has 2 aromatic heterocycles. The van der Waals surface area contributed by atoms with Crippen LogP contribution in [0.4, 0.5) is 29.7 Å². The summed E-state index contributed by atoms with van der Waals surface area (Å²) in [4.78, 5) is 26.6. The molecule has 0 aliphatic rings. The van der Waals surface area contributed by atoms with E-state index >= 15 is 0 Å². The van der Waals surface area contributed by atoms with E-state index in [2.05, 4.69) is 51.4 Å². The maximum absolute atomic E-state index is 5.89. The molecule has 24 heavy (non-hydrogen) atoms. The molecular formula is C12H20ClN11. The third-order valence-electron chi connectivity index (χ3n) is 2.59. The number of rotatable bonds is 8. The lowest BCUT2D eigenvalue weighted by Crippen LogP contribution is -2.19. The predicted octanol–water partition coefficient (Wildman–Crippen LogP) is 1.08. The summed E-state index contributed by atoms with van der Waals surface area (Å²) >= 11 is 5.89. The van der Waals surface area contributed by atoms with E-state index < -0.39 is 0 Å². The average molecular weight is 354 g/mol. The van der Waals surface area contributed by atoms with E-state index in [-0.39, 0.29) is 11.2 Å². The minimum atomic E-state index is 0.0790. The zero-order valence-corrected chi connectivity index (χ0v) is 14.7. The van der Waals surface area contributed by atoms with Crippen LogP contribution in [0.5, 0.6) is 0 Å². The Labute approximate surface area is 144 Å². The highest BCUT2D eigenvalue weighted by molar-refractivity contribution is 6.28. The molecule has 0 spiro atoms. The molecule has 2 heterocycles. The lowest BCUT2D eigenvalue weighted by atomic mass is 10.7. The van der Waals surface area contributed by atoms with Crippen LogP contribution >= 0.6 is 11.6 Å². The van der Waals surface area contributed by atoms with Gasteiger partial charge in [-0.1, -0.05) is 0 Å². The van der Waals surface area contributed by atoms with Gasteiger partial charge in [0.05, 0.1) is 0 Å². The summed E-state index contributed by atoms with van der Waals surface area (Å²) in [6.45, 7) is 5.30. The smallest absolute Gasteiger partial charge is 0.248 e. The Bertz CT molecular complexity index is 654. The third-order valence-corrected chi connectivity index (χ3v) is 2.76. The second-order valence-corrected chi connectivity index (χ2v) is 5.08. The Morgan fingerprint density at radius 3 is 1.75 bits per heavy atom. The molecule has 0 aliphatic carbocycles. The van der Waals surface area contributed by atoms with Crippen molar-refractivity contribution in [2.75, 3.05) is 53.6 Å². The van der Waals surface area contributed by atoms with Gasteiger partial charge in [0.1, 0.15) is 0 Å². The van der Waals surface area contributed by atoms with Crippen LogP contribution in [0, 0.1) is 0 Å². The van der Waals surface area contributed by atoms with Crippen molar-refractivity contribution in [3.63, 3.8) is 0 Å². The van der Waals surface area contributed by atoms with E-state index in [9.17, 15) is 0 Å². The van der Waals surface area contributed by atoms with Crippen LogP contribution in [-0.4, -0.2) is 57.1 Å². The minimum absolute atomic E-state index is 0.0790. The second kappa shape index (κ2) is 8.24. The molecule has 0 atom stereocenters. The van der Waals surface area contributed by atoms with Crippen molar-refractivity contribution in [3.05, 3.63) is 5.28 Å². The van der Waals surface area contributed by atoms with Crippen molar-refractivity contribution < 1.29 is 0 Å². The highest BCUT2D eigenvalue weighted by Crippen LogP contribution is 2.13. The molecule has 2 rings (SSSR count). The fraction of sp³-hybridized carbons (Fsp3) is 0.500. The first-order valence-electron chi connectivity index (χ1n) is 7.36. The van der Waals surface area contributed by atoms with Crippen molar-refractivity contribution in [3.8, 4) is 0 Å². The molecule has 0 aliphatic heterocycles. The van der Waals surface area contributed by atoms with Gasteiger partial charge >= 0.3 is 0 Å². The number of halogens is 1. The van der Waals surface area contributed by atoms with Crippen LogP contribution in [0.3, 0.4) is 0 Å². The molecule has 0 fully saturated rings. The quantitative estimate of drug-likeness (QED) is 0.508. The van der Waals surface area contributed by atoms with Crippen LogP contribution in [-0.2, 0) is 0 Å². The van der Waals surface area contributed by atoms with Gasteiger partial charge in [-0.15, -0.1) is 0 Å². The van der Waals surface area contributed by atoms with Crippen LogP contribution in [0.1, 0.15) is 13.8 Å². The first-order chi connectivity index (χ1) is 11.5. The zero-order chi connectivity index (χ0) is 17.5. The van der Waals surface area contributed by atoms with Gasteiger partial charge < -0.3 is 15.5 Å². The van der Waals surface area contributed by atoms with Gasteiger partial charge in [-0.25, -0.2) is 0 Å². The molecule has 2 aromatic rings. The monoisotopic (exact) mass is 353 g/mol. The normalized spacial score (nSPS) is 10.2. The molecule has 0 radical (unpaired) electrons. The third kappa shape index (κ3) is 4.91. The van der Waals surface area contributed by atoms with Crippen molar-refractivity contribution in [1.29, 1.82) is 0 Å². The van der Waals surface area contributed by atoms with Gasteiger partial charge in [0.2, 0.25) is 35.0 Å². The second-order valence-electron chi connectivity index (χ2n) is 4.74. The molecule has 130 valence electrons. The van der Waals surface area contributed by atoms with Gasteiger partial charge in [-0.3, -0.25) is 10.9 Å². The number of nitrogens with one attached hydrogen (secondary N) is 4. The first-order valence-corrected chi connectivity index (χ1v) is 7.74. The van der Waals surface area contributed by atoms with Crippen LogP contribution in [0.15, 0.2) is 0 Å². The van der Waals surface area contributed by atoms with Crippen molar-refractivity contribution in [2.24, 2.45) is 0 Å². The summed E-state index contributed by atoms with van der Waals surface area (Å²) in [5, 5.41) is 6.16. The molecule has 11 nitrogen and oxygen atoms in total. The summed E-state index contributed by atoms with van der Waals surface area (Å²) in [5.41, 5.74) is 5.63. The lowest BCUT2D eigenvalue weighted by Gasteiger charge is -2.13. The van der Waals surface area contributed by atoms with Crippen molar-refractivity contribution in [1.82, 2.24) is 29.9 Å². The number of hydrazine groups is 1. The standard InChI is InChI=1S/C12H20ClN11/c1-5-14-8-18-9(15-6-2)20-11(19-8)23-22-10-16-7(13)17-12(21-10)24(3)4/h5-6H2,1-4H3,(H,16,17,21,22)(H3,14,15,18,19,20,23). The van der Waals surface area contributed by atoms with Gasteiger partial charge in [0, 0.05) is 27.2 Å². The molecular weight excluding hydrogens is 334 g/mol.